The first-order chi connectivity index (χ1) is 10.8. The number of likely N-dealkylation sites (tertiary alicyclic amines) is 1. The Kier molecular flexibility index (Phi) is 5.47. The van der Waals surface area contributed by atoms with Gasteiger partial charge in [0.25, 0.3) is 0 Å². The van der Waals surface area contributed by atoms with E-state index in [0.717, 1.165) is 57.1 Å². The van der Waals surface area contributed by atoms with Gasteiger partial charge >= 0.3 is 0 Å². The molecule has 5 nitrogen and oxygen atoms in total. The lowest BCUT2D eigenvalue weighted by atomic mass is 10.1. The van der Waals surface area contributed by atoms with Crippen LogP contribution >= 0.6 is 0 Å². The van der Waals surface area contributed by atoms with Crippen LogP contribution in [0.4, 0.5) is 0 Å². The van der Waals surface area contributed by atoms with Crippen molar-refractivity contribution in [1.82, 2.24) is 19.7 Å². The number of aryl methyl sites for hydroxylation is 1. The highest BCUT2D eigenvalue weighted by Crippen LogP contribution is 2.32. The first kappa shape index (κ1) is 15.9. The molecule has 1 aliphatic carbocycles. The number of aliphatic hydroxyl groups excluding tert-OH is 1. The largest absolute Gasteiger partial charge is 0.392 e. The van der Waals surface area contributed by atoms with E-state index in [1.165, 1.54) is 32.1 Å². The third-order valence-corrected chi connectivity index (χ3v) is 5.05. The summed E-state index contributed by atoms with van der Waals surface area (Å²) in [5.74, 6) is 2.75. The van der Waals surface area contributed by atoms with Crippen LogP contribution in [-0.4, -0.2) is 44.0 Å². The second-order valence-electron chi connectivity index (χ2n) is 6.98. The summed E-state index contributed by atoms with van der Waals surface area (Å²) in [6.07, 6.45) is 9.33. The smallest absolute Gasteiger partial charge is 0.154 e. The maximum Gasteiger partial charge on any atom is 0.154 e. The lowest BCUT2D eigenvalue weighted by molar-refractivity contribution is 0.0647. The maximum atomic E-state index is 9.86. The van der Waals surface area contributed by atoms with Crippen LogP contribution in [0.1, 0.15) is 75.9 Å². The summed E-state index contributed by atoms with van der Waals surface area (Å²) in [5.41, 5.74) is 0. The number of hydrogen-bond acceptors (Lipinski definition) is 4. The van der Waals surface area contributed by atoms with E-state index in [1.807, 2.05) is 0 Å². The SMILES string of the molecule is CCCCn1nc(C2CCCC2)nc1CN1CCCC(O)C1. The second kappa shape index (κ2) is 7.55. The Bertz CT molecular complexity index is 467. The molecule has 0 aromatic carbocycles. The molecule has 5 heteroatoms. The molecule has 0 radical (unpaired) electrons. The van der Waals surface area contributed by atoms with Crippen molar-refractivity contribution in [3.8, 4) is 0 Å². The van der Waals surface area contributed by atoms with Crippen LogP contribution in [0.15, 0.2) is 0 Å². The van der Waals surface area contributed by atoms with Gasteiger partial charge in [-0.1, -0.05) is 26.2 Å². The van der Waals surface area contributed by atoms with Crippen molar-refractivity contribution in [3.05, 3.63) is 11.6 Å². The normalized spacial score (nSPS) is 24.2. The van der Waals surface area contributed by atoms with E-state index < -0.39 is 0 Å². The van der Waals surface area contributed by atoms with Crippen molar-refractivity contribution >= 4 is 0 Å². The van der Waals surface area contributed by atoms with Gasteiger partial charge in [0, 0.05) is 19.0 Å². The van der Waals surface area contributed by atoms with E-state index in [0.29, 0.717) is 5.92 Å². The van der Waals surface area contributed by atoms with Crippen molar-refractivity contribution in [2.75, 3.05) is 13.1 Å². The van der Waals surface area contributed by atoms with E-state index in [4.69, 9.17) is 10.1 Å². The Hall–Kier alpha value is -0.940. The molecule has 1 aromatic heterocycles. The summed E-state index contributed by atoms with van der Waals surface area (Å²) in [7, 11) is 0. The number of piperidine rings is 1. The Morgan fingerprint density at radius 2 is 2.00 bits per heavy atom. The van der Waals surface area contributed by atoms with Crippen LogP contribution in [0.3, 0.4) is 0 Å². The molecule has 0 spiro atoms. The van der Waals surface area contributed by atoms with Gasteiger partial charge in [-0.05, 0) is 38.6 Å². The molecule has 0 bridgehead atoms. The number of hydrogen-bond donors (Lipinski definition) is 1. The fourth-order valence-electron chi connectivity index (χ4n) is 3.73. The van der Waals surface area contributed by atoms with Crippen LogP contribution in [0, 0.1) is 0 Å². The Morgan fingerprint density at radius 3 is 2.73 bits per heavy atom. The Morgan fingerprint density at radius 1 is 1.18 bits per heavy atom. The summed E-state index contributed by atoms with van der Waals surface area (Å²) in [5, 5.41) is 14.7. The first-order valence-corrected chi connectivity index (χ1v) is 9.10. The molecule has 1 N–H and O–H groups in total. The predicted molar refractivity (Wildman–Crippen MR) is 86.7 cm³/mol. The monoisotopic (exact) mass is 306 g/mol. The summed E-state index contributed by atoms with van der Waals surface area (Å²) >= 11 is 0. The van der Waals surface area contributed by atoms with Gasteiger partial charge in [0.15, 0.2) is 5.82 Å². The van der Waals surface area contributed by atoms with Crippen molar-refractivity contribution in [2.24, 2.45) is 0 Å². The number of nitrogens with zero attached hydrogens (tertiary/aromatic N) is 4. The fourth-order valence-corrected chi connectivity index (χ4v) is 3.73. The molecule has 3 rings (SSSR count). The van der Waals surface area contributed by atoms with Crippen LogP contribution in [0.25, 0.3) is 0 Å². The number of unbranched alkanes of at least 4 members (excludes halogenated alkanes) is 1. The highest BCUT2D eigenvalue weighted by atomic mass is 16.3. The van der Waals surface area contributed by atoms with Crippen molar-refractivity contribution in [2.45, 2.75) is 83.4 Å². The molecule has 124 valence electrons. The molecule has 1 atom stereocenters. The molecule has 1 unspecified atom stereocenters. The van der Waals surface area contributed by atoms with Crippen LogP contribution in [0.2, 0.25) is 0 Å². The molecule has 1 aromatic rings. The molecule has 1 saturated carbocycles. The van der Waals surface area contributed by atoms with Crippen molar-refractivity contribution in [1.29, 1.82) is 0 Å². The van der Waals surface area contributed by atoms with Gasteiger partial charge in [0.05, 0.1) is 12.6 Å². The van der Waals surface area contributed by atoms with Gasteiger partial charge in [-0.15, -0.1) is 0 Å². The number of aromatic nitrogens is 3. The molecular weight excluding hydrogens is 276 g/mol. The summed E-state index contributed by atoms with van der Waals surface area (Å²) in [6, 6.07) is 0. The zero-order valence-corrected chi connectivity index (χ0v) is 13.9. The number of β-amino-alcohol motifs (C(OH)–C–C–N with tert-alkyl or cyclic N) is 1. The van der Waals surface area contributed by atoms with Crippen molar-refractivity contribution < 1.29 is 5.11 Å². The van der Waals surface area contributed by atoms with E-state index in [9.17, 15) is 5.11 Å². The zero-order chi connectivity index (χ0) is 15.4. The summed E-state index contributed by atoms with van der Waals surface area (Å²) < 4.78 is 2.14. The average molecular weight is 306 g/mol. The third-order valence-electron chi connectivity index (χ3n) is 5.05. The van der Waals surface area contributed by atoms with Gasteiger partial charge in [-0.25, -0.2) is 9.67 Å². The van der Waals surface area contributed by atoms with E-state index in [2.05, 4.69) is 16.5 Å². The molecule has 2 heterocycles. The summed E-state index contributed by atoms with van der Waals surface area (Å²) in [6.45, 7) is 5.87. The van der Waals surface area contributed by atoms with E-state index in [-0.39, 0.29) is 6.10 Å². The average Bonchev–Trinajstić information content (AvgIpc) is 3.14. The molecule has 22 heavy (non-hydrogen) atoms. The van der Waals surface area contributed by atoms with Crippen LogP contribution in [-0.2, 0) is 13.1 Å². The molecular formula is C17H30N4O. The number of rotatable bonds is 6. The van der Waals surface area contributed by atoms with Gasteiger partial charge < -0.3 is 5.11 Å². The Balaban J connectivity index is 1.71. The number of aliphatic hydroxyl groups is 1. The fraction of sp³-hybridized carbons (Fsp3) is 0.882. The second-order valence-corrected chi connectivity index (χ2v) is 6.98. The third kappa shape index (κ3) is 3.87. The lowest BCUT2D eigenvalue weighted by Crippen LogP contribution is -2.38. The minimum Gasteiger partial charge on any atom is -0.392 e. The molecule has 1 saturated heterocycles. The first-order valence-electron chi connectivity index (χ1n) is 9.10. The van der Waals surface area contributed by atoms with E-state index in [1.54, 1.807) is 0 Å². The topological polar surface area (TPSA) is 54.2 Å². The maximum absolute atomic E-state index is 9.86. The van der Waals surface area contributed by atoms with Crippen LogP contribution in [0.5, 0.6) is 0 Å². The van der Waals surface area contributed by atoms with Gasteiger partial charge in [-0.3, -0.25) is 4.90 Å². The molecule has 2 fully saturated rings. The quantitative estimate of drug-likeness (QED) is 0.878. The van der Waals surface area contributed by atoms with E-state index >= 15 is 0 Å². The molecule has 2 aliphatic rings. The minimum atomic E-state index is -0.171. The van der Waals surface area contributed by atoms with Crippen LogP contribution < -0.4 is 0 Å². The van der Waals surface area contributed by atoms with Gasteiger partial charge in [0.1, 0.15) is 5.82 Å². The Labute approximate surface area is 133 Å². The summed E-state index contributed by atoms with van der Waals surface area (Å²) in [4.78, 5) is 7.23. The highest BCUT2D eigenvalue weighted by molar-refractivity contribution is 5.02. The standard InChI is InChI=1S/C17H30N4O/c1-2-3-11-21-16(13-20-10-6-9-15(22)12-20)18-17(19-21)14-7-4-5-8-14/h14-15,22H,2-13H2,1H3. The molecule has 1 aliphatic heterocycles. The molecule has 0 amide bonds. The zero-order valence-electron chi connectivity index (χ0n) is 13.9. The lowest BCUT2D eigenvalue weighted by Gasteiger charge is -2.29. The highest BCUT2D eigenvalue weighted by Gasteiger charge is 2.24. The van der Waals surface area contributed by atoms with Crippen molar-refractivity contribution in [3.63, 3.8) is 0 Å². The minimum absolute atomic E-state index is 0.171. The van der Waals surface area contributed by atoms with Gasteiger partial charge in [-0.2, -0.15) is 5.10 Å². The van der Waals surface area contributed by atoms with Gasteiger partial charge in [0.2, 0.25) is 0 Å². The predicted octanol–water partition coefficient (Wildman–Crippen LogP) is 2.69.